The monoisotopic (exact) mass is 275 g/mol. The zero-order valence-corrected chi connectivity index (χ0v) is 9.92. The molecular formula is C8H10BrN3OS. The molecule has 0 spiro atoms. The van der Waals surface area contributed by atoms with Gasteiger partial charge in [-0.1, -0.05) is 20.4 Å². The van der Waals surface area contributed by atoms with E-state index < -0.39 is 0 Å². The number of amides is 1. The summed E-state index contributed by atoms with van der Waals surface area (Å²) in [4.78, 5) is 14.3. The third kappa shape index (κ3) is 1.95. The molecule has 2 rings (SSSR count). The zero-order valence-electron chi connectivity index (χ0n) is 7.52. The highest BCUT2D eigenvalue weighted by Crippen LogP contribution is 2.20. The van der Waals surface area contributed by atoms with E-state index in [0.29, 0.717) is 10.8 Å². The van der Waals surface area contributed by atoms with Crippen molar-refractivity contribution in [3.8, 4) is 0 Å². The Morgan fingerprint density at radius 2 is 2.64 bits per heavy atom. The average Bonchev–Trinajstić information content (AvgIpc) is 2.88. The molecule has 1 aromatic rings. The quantitative estimate of drug-likeness (QED) is 0.767. The fraction of sp³-hybridized carbons (Fsp3) is 0.625. The van der Waals surface area contributed by atoms with Crippen LogP contribution in [0.3, 0.4) is 0 Å². The number of halogens is 1. The Labute approximate surface area is 94.6 Å². The molecule has 1 aromatic heterocycles. The van der Waals surface area contributed by atoms with Crippen molar-refractivity contribution in [2.45, 2.75) is 6.42 Å². The molecule has 6 heteroatoms. The second kappa shape index (κ2) is 4.35. The van der Waals surface area contributed by atoms with Gasteiger partial charge in [-0.15, -0.1) is 5.10 Å². The van der Waals surface area contributed by atoms with Gasteiger partial charge in [0.1, 0.15) is 4.88 Å². The average molecular weight is 276 g/mol. The second-order valence-electron chi connectivity index (χ2n) is 3.34. The van der Waals surface area contributed by atoms with Gasteiger partial charge in [0.05, 0.1) is 6.20 Å². The minimum atomic E-state index is 0.0726. The van der Waals surface area contributed by atoms with Gasteiger partial charge in [-0.2, -0.15) is 0 Å². The molecule has 1 unspecified atom stereocenters. The molecule has 1 aliphatic heterocycles. The maximum atomic E-state index is 11.8. The fourth-order valence-corrected chi connectivity index (χ4v) is 2.57. The first-order valence-electron chi connectivity index (χ1n) is 4.44. The number of likely N-dealkylation sites (tertiary alicyclic amines) is 1. The van der Waals surface area contributed by atoms with E-state index in [9.17, 15) is 4.79 Å². The first-order chi connectivity index (χ1) is 6.81. The lowest BCUT2D eigenvalue weighted by atomic mass is 10.2. The molecule has 4 nitrogen and oxygen atoms in total. The van der Waals surface area contributed by atoms with E-state index in [0.717, 1.165) is 36.4 Å². The summed E-state index contributed by atoms with van der Waals surface area (Å²) in [5, 5.41) is 4.64. The van der Waals surface area contributed by atoms with E-state index in [1.807, 2.05) is 4.90 Å². The smallest absolute Gasteiger partial charge is 0.267 e. The first-order valence-corrected chi connectivity index (χ1v) is 6.33. The molecule has 1 saturated heterocycles. The Balaban J connectivity index is 2.00. The summed E-state index contributed by atoms with van der Waals surface area (Å²) in [5.74, 6) is 0.670. The SMILES string of the molecule is O=C(c1cnns1)N1CCC(CBr)C1. The standard InChI is InChI=1S/C8H10BrN3OS/c9-3-6-1-2-12(5-6)8(13)7-4-10-11-14-7/h4,6H,1-3,5H2. The summed E-state index contributed by atoms with van der Waals surface area (Å²) >= 11 is 4.60. The lowest BCUT2D eigenvalue weighted by Gasteiger charge is -2.13. The topological polar surface area (TPSA) is 46.1 Å². The van der Waals surface area contributed by atoms with Crippen LogP contribution in [0.25, 0.3) is 0 Å². The molecule has 2 heterocycles. The zero-order chi connectivity index (χ0) is 9.97. The summed E-state index contributed by atoms with van der Waals surface area (Å²) in [5.41, 5.74) is 0. The van der Waals surface area contributed by atoms with Gasteiger partial charge < -0.3 is 4.90 Å². The van der Waals surface area contributed by atoms with Crippen LogP contribution >= 0.6 is 27.5 Å². The number of hydrogen-bond donors (Lipinski definition) is 0. The molecule has 0 N–H and O–H groups in total. The van der Waals surface area contributed by atoms with Crippen LogP contribution in [-0.2, 0) is 0 Å². The van der Waals surface area contributed by atoms with Crippen LogP contribution in [0.2, 0.25) is 0 Å². The third-order valence-corrected chi connectivity index (χ3v) is 3.93. The Hall–Kier alpha value is -0.490. The van der Waals surface area contributed by atoms with Gasteiger partial charge in [-0.3, -0.25) is 4.79 Å². The van der Waals surface area contributed by atoms with Crippen LogP contribution in [0, 0.1) is 5.92 Å². The van der Waals surface area contributed by atoms with Crippen LogP contribution in [0.5, 0.6) is 0 Å². The molecule has 1 fully saturated rings. The predicted molar refractivity (Wildman–Crippen MR) is 57.7 cm³/mol. The number of carbonyl (C=O) groups excluding carboxylic acids is 1. The molecule has 0 aromatic carbocycles. The van der Waals surface area contributed by atoms with Gasteiger partial charge in [0.25, 0.3) is 5.91 Å². The summed E-state index contributed by atoms with van der Waals surface area (Å²) in [7, 11) is 0. The molecule has 1 aliphatic rings. The van der Waals surface area contributed by atoms with Gasteiger partial charge in [-0.05, 0) is 23.9 Å². The largest absolute Gasteiger partial charge is 0.338 e. The number of aromatic nitrogens is 2. The molecule has 0 saturated carbocycles. The lowest BCUT2D eigenvalue weighted by molar-refractivity contribution is 0.0793. The van der Waals surface area contributed by atoms with E-state index in [2.05, 4.69) is 25.5 Å². The molecule has 0 radical (unpaired) electrons. The predicted octanol–water partition coefficient (Wildman–Crippen LogP) is 1.40. The Morgan fingerprint density at radius 1 is 1.79 bits per heavy atom. The summed E-state index contributed by atoms with van der Waals surface area (Å²) < 4.78 is 3.69. The van der Waals surface area contributed by atoms with Gasteiger partial charge in [0.15, 0.2) is 0 Å². The van der Waals surface area contributed by atoms with Crippen LogP contribution in [0.15, 0.2) is 6.20 Å². The Morgan fingerprint density at radius 3 is 3.21 bits per heavy atom. The maximum absolute atomic E-state index is 11.8. The van der Waals surface area contributed by atoms with E-state index >= 15 is 0 Å². The molecule has 76 valence electrons. The highest BCUT2D eigenvalue weighted by atomic mass is 79.9. The van der Waals surface area contributed by atoms with E-state index in [-0.39, 0.29) is 5.91 Å². The third-order valence-electron chi connectivity index (χ3n) is 2.36. The summed E-state index contributed by atoms with van der Waals surface area (Å²) in [6.07, 6.45) is 2.62. The molecule has 14 heavy (non-hydrogen) atoms. The van der Waals surface area contributed by atoms with Crippen molar-refractivity contribution in [1.82, 2.24) is 14.5 Å². The van der Waals surface area contributed by atoms with E-state index in [1.54, 1.807) is 0 Å². The van der Waals surface area contributed by atoms with Crippen molar-refractivity contribution in [2.75, 3.05) is 18.4 Å². The van der Waals surface area contributed by atoms with Crippen LogP contribution in [-0.4, -0.2) is 38.8 Å². The highest BCUT2D eigenvalue weighted by molar-refractivity contribution is 9.09. The van der Waals surface area contributed by atoms with Crippen molar-refractivity contribution >= 4 is 33.4 Å². The first kappa shape index (κ1) is 10.0. The minimum Gasteiger partial charge on any atom is -0.338 e. The van der Waals surface area contributed by atoms with Crippen molar-refractivity contribution in [1.29, 1.82) is 0 Å². The van der Waals surface area contributed by atoms with Crippen LogP contribution in [0.4, 0.5) is 0 Å². The number of nitrogens with zero attached hydrogens (tertiary/aromatic N) is 3. The second-order valence-corrected chi connectivity index (χ2v) is 4.78. The Bertz CT molecular complexity index is 316. The number of alkyl halides is 1. The van der Waals surface area contributed by atoms with Crippen molar-refractivity contribution < 1.29 is 4.79 Å². The number of carbonyl (C=O) groups is 1. The number of hydrogen-bond acceptors (Lipinski definition) is 4. The van der Waals surface area contributed by atoms with Crippen LogP contribution < -0.4 is 0 Å². The maximum Gasteiger partial charge on any atom is 0.267 e. The normalized spacial score (nSPS) is 21.5. The molecule has 0 aliphatic carbocycles. The van der Waals surface area contributed by atoms with Crippen molar-refractivity contribution in [3.05, 3.63) is 11.1 Å². The van der Waals surface area contributed by atoms with Crippen molar-refractivity contribution in [3.63, 3.8) is 0 Å². The molecule has 0 bridgehead atoms. The summed E-state index contributed by atoms with van der Waals surface area (Å²) in [6, 6.07) is 0. The fourth-order valence-electron chi connectivity index (χ4n) is 1.56. The van der Waals surface area contributed by atoms with Gasteiger partial charge in [-0.25, -0.2) is 0 Å². The highest BCUT2D eigenvalue weighted by Gasteiger charge is 2.26. The molecule has 1 atom stereocenters. The van der Waals surface area contributed by atoms with E-state index in [4.69, 9.17) is 0 Å². The number of rotatable bonds is 2. The summed E-state index contributed by atoms with van der Waals surface area (Å²) in [6.45, 7) is 1.70. The Kier molecular flexibility index (Phi) is 3.12. The molecular weight excluding hydrogens is 266 g/mol. The van der Waals surface area contributed by atoms with Gasteiger partial charge in [0.2, 0.25) is 0 Å². The molecule has 1 amide bonds. The van der Waals surface area contributed by atoms with Gasteiger partial charge in [0, 0.05) is 18.4 Å². The van der Waals surface area contributed by atoms with Gasteiger partial charge >= 0.3 is 0 Å². The minimum absolute atomic E-state index is 0.0726. The van der Waals surface area contributed by atoms with E-state index in [1.165, 1.54) is 6.20 Å². The van der Waals surface area contributed by atoms with Crippen molar-refractivity contribution in [2.24, 2.45) is 5.92 Å². The van der Waals surface area contributed by atoms with Crippen LogP contribution in [0.1, 0.15) is 16.1 Å². The lowest BCUT2D eigenvalue weighted by Crippen LogP contribution is -2.28.